The van der Waals surface area contributed by atoms with Crippen molar-refractivity contribution in [2.75, 3.05) is 0 Å². The Balaban J connectivity index is 1.66. The van der Waals surface area contributed by atoms with Crippen LogP contribution in [-0.2, 0) is 4.74 Å². The molecule has 10 heteroatoms. The van der Waals surface area contributed by atoms with Gasteiger partial charge in [0.25, 0.3) is 0 Å². The van der Waals surface area contributed by atoms with Gasteiger partial charge in [-0.1, -0.05) is 17.7 Å². The topological polar surface area (TPSA) is 101 Å². The van der Waals surface area contributed by atoms with Crippen LogP contribution >= 0.6 is 11.6 Å². The normalized spacial score (nSPS) is 26.6. The van der Waals surface area contributed by atoms with E-state index in [1.807, 2.05) is 0 Å². The number of halogens is 3. The summed E-state index contributed by atoms with van der Waals surface area (Å²) in [6, 6.07) is 4.48. The van der Waals surface area contributed by atoms with Crippen LogP contribution < -0.4 is 0 Å². The van der Waals surface area contributed by atoms with Crippen LogP contribution in [0.1, 0.15) is 17.9 Å². The number of hydrogen-bond donors (Lipinski definition) is 3. The number of aliphatic hydroxyl groups is 3. The summed E-state index contributed by atoms with van der Waals surface area (Å²) in [7, 11) is 0. The number of rotatable bonds is 3. The van der Waals surface area contributed by atoms with E-state index in [2.05, 4.69) is 9.97 Å². The largest absolute Gasteiger partial charge is 0.387 e. The zero-order valence-electron chi connectivity index (χ0n) is 13.6. The lowest BCUT2D eigenvalue weighted by Crippen LogP contribution is -2.34. The molecule has 1 aliphatic rings. The summed E-state index contributed by atoms with van der Waals surface area (Å²) in [6.45, 7) is 0. The van der Waals surface area contributed by atoms with Crippen LogP contribution in [0.5, 0.6) is 0 Å². The first-order chi connectivity index (χ1) is 12.9. The molecule has 7 nitrogen and oxygen atoms in total. The highest BCUT2D eigenvalue weighted by Crippen LogP contribution is 2.38. The number of benzene rings is 1. The minimum Gasteiger partial charge on any atom is -0.387 e. The maximum absolute atomic E-state index is 13.4. The fraction of sp³-hybridized carbons (Fsp3) is 0.294. The van der Waals surface area contributed by atoms with Crippen LogP contribution in [0.2, 0.25) is 5.15 Å². The van der Waals surface area contributed by atoms with Gasteiger partial charge in [0.1, 0.15) is 41.5 Å². The summed E-state index contributed by atoms with van der Waals surface area (Å²) >= 11 is 6.01. The molecule has 27 heavy (non-hydrogen) atoms. The van der Waals surface area contributed by atoms with E-state index in [4.69, 9.17) is 16.3 Å². The maximum atomic E-state index is 13.4. The van der Waals surface area contributed by atoms with E-state index < -0.39 is 42.3 Å². The average molecular weight is 398 g/mol. The van der Waals surface area contributed by atoms with Gasteiger partial charge in [-0.3, -0.25) is 0 Å². The van der Waals surface area contributed by atoms with E-state index in [-0.39, 0.29) is 10.7 Å². The van der Waals surface area contributed by atoms with Crippen LogP contribution in [-0.4, -0.2) is 48.2 Å². The molecule has 0 amide bonds. The molecule has 3 N–H and O–H groups in total. The zero-order valence-corrected chi connectivity index (χ0v) is 14.3. The molecule has 0 spiro atoms. The molecule has 1 unspecified atom stereocenters. The molecule has 0 saturated carbocycles. The lowest BCUT2D eigenvalue weighted by Gasteiger charge is -2.21. The van der Waals surface area contributed by atoms with Crippen molar-refractivity contribution in [2.45, 2.75) is 30.6 Å². The van der Waals surface area contributed by atoms with E-state index in [1.54, 1.807) is 12.3 Å². The molecule has 5 atom stereocenters. The number of aromatic nitrogens is 3. The number of ether oxygens (including phenoxy) is 1. The van der Waals surface area contributed by atoms with Crippen LogP contribution in [0, 0.1) is 11.6 Å². The van der Waals surface area contributed by atoms with Crippen LogP contribution in [0.15, 0.2) is 36.8 Å². The molecule has 1 aliphatic heterocycles. The second kappa shape index (κ2) is 6.77. The summed E-state index contributed by atoms with van der Waals surface area (Å²) in [4.78, 5) is 7.96. The molecule has 2 aromatic heterocycles. The SMILES string of the molecule is O[C@@H]1[C@@H]([C@H](O)c2ccc(F)c(F)c2)OC(n2ccc3c(Cl)ncnc32)[C@@H]1O. The van der Waals surface area contributed by atoms with Crippen molar-refractivity contribution in [3.05, 3.63) is 59.1 Å². The Morgan fingerprint density at radius 2 is 1.89 bits per heavy atom. The van der Waals surface area contributed by atoms with Crippen molar-refractivity contribution < 1.29 is 28.8 Å². The molecule has 0 bridgehead atoms. The summed E-state index contributed by atoms with van der Waals surface area (Å²) < 4.78 is 33.7. The van der Waals surface area contributed by atoms with Gasteiger partial charge in [0.15, 0.2) is 17.9 Å². The highest BCUT2D eigenvalue weighted by atomic mass is 35.5. The van der Waals surface area contributed by atoms with Crippen molar-refractivity contribution in [3.8, 4) is 0 Å². The summed E-state index contributed by atoms with van der Waals surface area (Å²) in [5, 5.41) is 31.9. The molecule has 1 aromatic carbocycles. The smallest absolute Gasteiger partial charge is 0.164 e. The minimum atomic E-state index is -1.49. The summed E-state index contributed by atoms with van der Waals surface area (Å²) in [5.74, 6) is -2.20. The number of nitrogens with zero attached hydrogens (tertiary/aromatic N) is 3. The fourth-order valence-corrected chi connectivity index (χ4v) is 3.40. The first-order valence-electron chi connectivity index (χ1n) is 8.00. The van der Waals surface area contributed by atoms with Gasteiger partial charge in [0, 0.05) is 6.20 Å². The van der Waals surface area contributed by atoms with Gasteiger partial charge in [-0.05, 0) is 23.8 Å². The van der Waals surface area contributed by atoms with Crippen LogP contribution in [0.25, 0.3) is 11.0 Å². The van der Waals surface area contributed by atoms with Gasteiger partial charge >= 0.3 is 0 Å². The van der Waals surface area contributed by atoms with Crippen molar-refractivity contribution in [1.82, 2.24) is 14.5 Å². The van der Waals surface area contributed by atoms with Gasteiger partial charge in [-0.25, -0.2) is 18.7 Å². The maximum Gasteiger partial charge on any atom is 0.164 e. The van der Waals surface area contributed by atoms with Gasteiger partial charge in [-0.2, -0.15) is 0 Å². The van der Waals surface area contributed by atoms with E-state index in [0.29, 0.717) is 11.0 Å². The first kappa shape index (κ1) is 18.2. The summed E-state index contributed by atoms with van der Waals surface area (Å²) in [5.41, 5.74) is 0.378. The molecular weight excluding hydrogens is 384 g/mol. The molecule has 1 saturated heterocycles. The third-order valence-electron chi connectivity index (χ3n) is 4.61. The molecule has 3 heterocycles. The van der Waals surface area contributed by atoms with E-state index in [9.17, 15) is 24.1 Å². The lowest BCUT2D eigenvalue weighted by molar-refractivity contribution is -0.0849. The standard InChI is InChI=1S/C17H14ClF2N3O4/c18-15-8-3-4-23(16(8)22-6-21-15)17-13(26)12(25)14(27-17)11(24)7-1-2-9(19)10(20)5-7/h1-6,11-14,17,24-26H/t11-,12+,13-,14-,17?/m1/s1. The van der Waals surface area contributed by atoms with E-state index in [0.717, 1.165) is 12.1 Å². The van der Waals surface area contributed by atoms with Gasteiger partial charge < -0.3 is 24.6 Å². The molecule has 1 fully saturated rings. The van der Waals surface area contributed by atoms with Gasteiger partial charge in [0.2, 0.25) is 0 Å². The Hall–Kier alpha value is -2.17. The Bertz CT molecular complexity index is 1000. The quantitative estimate of drug-likeness (QED) is 0.582. The molecule has 0 aliphatic carbocycles. The highest BCUT2D eigenvalue weighted by molar-refractivity contribution is 6.33. The Kier molecular flexibility index (Phi) is 4.57. The minimum absolute atomic E-state index is 0.00790. The molecule has 0 radical (unpaired) electrons. The second-order valence-corrected chi connectivity index (χ2v) is 6.57. The molecular formula is C17H14ClF2N3O4. The third-order valence-corrected chi connectivity index (χ3v) is 4.91. The fourth-order valence-electron chi connectivity index (χ4n) is 3.21. The highest BCUT2D eigenvalue weighted by Gasteiger charge is 2.47. The third kappa shape index (κ3) is 2.97. The zero-order chi connectivity index (χ0) is 19.3. The number of aliphatic hydroxyl groups excluding tert-OH is 3. The van der Waals surface area contributed by atoms with Crippen molar-refractivity contribution in [1.29, 1.82) is 0 Å². The van der Waals surface area contributed by atoms with Crippen molar-refractivity contribution in [3.63, 3.8) is 0 Å². The first-order valence-corrected chi connectivity index (χ1v) is 8.38. The number of hydrogen-bond acceptors (Lipinski definition) is 6. The Morgan fingerprint density at radius 3 is 2.63 bits per heavy atom. The van der Waals surface area contributed by atoms with Crippen LogP contribution in [0.4, 0.5) is 8.78 Å². The Labute approximate surface area is 156 Å². The van der Waals surface area contributed by atoms with E-state index >= 15 is 0 Å². The van der Waals surface area contributed by atoms with Gasteiger partial charge in [0.05, 0.1) is 5.39 Å². The van der Waals surface area contributed by atoms with Gasteiger partial charge in [-0.15, -0.1) is 0 Å². The molecule has 142 valence electrons. The monoisotopic (exact) mass is 397 g/mol. The summed E-state index contributed by atoms with van der Waals surface area (Å²) in [6.07, 6.45) is -3.93. The predicted molar refractivity (Wildman–Crippen MR) is 89.8 cm³/mol. The van der Waals surface area contributed by atoms with Crippen molar-refractivity contribution >= 4 is 22.6 Å². The second-order valence-electron chi connectivity index (χ2n) is 6.22. The lowest BCUT2D eigenvalue weighted by atomic mass is 9.99. The van der Waals surface area contributed by atoms with Crippen molar-refractivity contribution in [2.24, 2.45) is 0 Å². The number of fused-ring (bicyclic) bond motifs is 1. The Morgan fingerprint density at radius 1 is 1.11 bits per heavy atom. The predicted octanol–water partition coefficient (Wildman–Crippen LogP) is 1.72. The van der Waals surface area contributed by atoms with E-state index in [1.165, 1.54) is 17.0 Å². The average Bonchev–Trinajstić information content (AvgIpc) is 3.20. The molecule has 4 rings (SSSR count). The molecule has 3 aromatic rings. The van der Waals surface area contributed by atoms with Crippen LogP contribution in [0.3, 0.4) is 0 Å².